The van der Waals surface area contributed by atoms with Crippen molar-refractivity contribution in [2.24, 2.45) is 4.99 Å². The smallest absolute Gasteiger partial charge is 0.191 e. The van der Waals surface area contributed by atoms with Crippen LogP contribution in [-0.4, -0.2) is 44.1 Å². The van der Waals surface area contributed by atoms with Crippen LogP contribution in [0.1, 0.15) is 24.4 Å². The first-order chi connectivity index (χ1) is 11.2. The molecule has 1 heterocycles. The monoisotopic (exact) mass is 464 g/mol. The van der Waals surface area contributed by atoms with Crippen molar-refractivity contribution < 1.29 is 4.39 Å². The number of nitrogens with zero attached hydrogens (tertiary/aromatic N) is 2. The lowest BCUT2D eigenvalue weighted by molar-refractivity contribution is 0.240. The Hall–Kier alpha value is -1.04. The van der Waals surface area contributed by atoms with Crippen LogP contribution in [-0.2, 0) is 0 Å². The van der Waals surface area contributed by atoms with Gasteiger partial charge in [0.15, 0.2) is 5.96 Å². The normalized spacial score (nSPS) is 16.2. The number of hydrogen-bond donors (Lipinski definition) is 2. The Labute approximate surface area is 165 Å². The van der Waals surface area contributed by atoms with E-state index < -0.39 is 0 Å². The topological polar surface area (TPSA) is 39.7 Å². The highest BCUT2D eigenvalue weighted by molar-refractivity contribution is 14.0. The lowest BCUT2D eigenvalue weighted by atomic mass is 10.0. The SMILES string of the molecule is C#CCNC(=NC)NCC(c1c(F)cccc1Cl)N1CCCC1.I. The minimum atomic E-state index is -0.275. The van der Waals surface area contributed by atoms with Crippen LogP contribution in [0.5, 0.6) is 0 Å². The lowest BCUT2D eigenvalue weighted by Gasteiger charge is -2.29. The van der Waals surface area contributed by atoms with Crippen LogP contribution in [0.2, 0.25) is 5.02 Å². The first-order valence-electron chi connectivity index (χ1n) is 7.73. The lowest BCUT2D eigenvalue weighted by Crippen LogP contribution is -2.43. The Balaban J connectivity index is 0.00000288. The third-order valence-corrected chi connectivity index (χ3v) is 4.29. The van der Waals surface area contributed by atoms with Crippen LogP contribution in [0, 0.1) is 18.2 Å². The van der Waals surface area contributed by atoms with E-state index in [1.165, 1.54) is 6.07 Å². The van der Waals surface area contributed by atoms with Gasteiger partial charge in [0.05, 0.1) is 12.6 Å². The van der Waals surface area contributed by atoms with E-state index in [0.29, 0.717) is 29.6 Å². The fraction of sp³-hybridized carbons (Fsp3) is 0.471. The number of rotatable bonds is 5. The maximum Gasteiger partial charge on any atom is 0.191 e. The van der Waals surface area contributed by atoms with E-state index in [0.717, 1.165) is 25.9 Å². The molecule has 0 spiro atoms. The average Bonchev–Trinajstić information content (AvgIpc) is 3.07. The molecule has 0 radical (unpaired) electrons. The molecule has 0 bridgehead atoms. The van der Waals surface area contributed by atoms with E-state index in [2.05, 4.69) is 26.4 Å². The first kappa shape index (κ1) is 21.0. The Kier molecular flexibility index (Phi) is 9.41. The van der Waals surface area contributed by atoms with Crippen LogP contribution >= 0.6 is 35.6 Å². The van der Waals surface area contributed by atoms with Crippen LogP contribution in [0.4, 0.5) is 4.39 Å². The van der Waals surface area contributed by atoms with Crippen molar-refractivity contribution in [3.05, 3.63) is 34.6 Å². The molecule has 1 aliphatic rings. The summed E-state index contributed by atoms with van der Waals surface area (Å²) in [6.45, 7) is 2.76. The van der Waals surface area contributed by atoms with Gasteiger partial charge in [-0.15, -0.1) is 30.4 Å². The molecule has 2 rings (SSSR count). The minimum absolute atomic E-state index is 0. The van der Waals surface area contributed by atoms with Gasteiger partial charge in [-0.2, -0.15) is 0 Å². The van der Waals surface area contributed by atoms with Crippen molar-refractivity contribution in [1.29, 1.82) is 0 Å². The molecular weight excluding hydrogens is 442 g/mol. The number of benzene rings is 1. The Morgan fingerprint density at radius 2 is 2.12 bits per heavy atom. The molecule has 0 aromatic heterocycles. The molecule has 132 valence electrons. The van der Waals surface area contributed by atoms with Crippen molar-refractivity contribution in [2.75, 3.05) is 33.2 Å². The summed E-state index contributed by atoms with van der Waals surface area (Å²) in [6, 6.07) is 4.67. The first-order valence-corrected chi connectivity index (χ1v) is 8.11. The van der Waals surface area contributed by atoms with E-state index in [9.17, 15) is 4.39 Å². The molecular formula is C17H23ClFIN4. The number of hydrogen-bond acceptors (Lipinski definition) is 2. The van der Waals surface area contributed by atoms with E-state index in [1.807, 2.05) is 0 Å². The van der Waals surface area contributed by atoms with Gasteiger partial charge in [0.1, 0.15) is 5.82 Å². The third kappa shape index (κ3) is 5.50. The summed E-state index contributed by atoms with van der Waals surface area (Å²) < 4.78 is 14.4. The Bertz CT molecular complexity index is 576. The van der Waals surface area contributed by atoms with Gasteiger partial charge in [-0.25, -0.2) is 4.39 Å². The molecule has 1 aliphatic heterocycles. The van der Waals surface area contributed by atoms with Gasteiger partial charge in [0, 0.05) is 24.2 Å². The molecule has 7 heteroatoms. The van der Waals surface area contributed by atoms with Gasteiger partial charge in [0.25, 0.3) is 0 Å². The molecule has 1 aromatic rings. The van der Waals surface area contributed by atoms with Gasteiger partial charge in [0.2, 0.25) is 0 Å². The van der Waals surface area contributed by atoms with E-state index in [1.54, 1.807) is 19.2 Å². The fourth-order valence-corrected chi connectivity index (χ4v) is 3.13. The van der Waals surface area contributed by atoms with Crippen LogP contribution in [0.25, 0.3) is 0 Å². The molecule has 0 amide bonds. The molecule has 0 saturated carbocycles. The van der Waals surface area contributed by atoms with E-state index >= 15 is 0 Å². The van der Waals surface area contributed by atoms with Crippen molar-refractivity contribution >= 4 is 41.5 Å². The Morgan fingerprint density at radius 3 is 2.71 bits per heavy atom. The molecule has 1 aromatic carbocycles. The second kappa shape index (κ2) is 10.7. The largest absolute Gasteiger partial charge is 0.354 e. The summed E-state index contributed by atoms with van der Waals surface area (Å²) in [5.74, 6) is 2.82. The van der Waals surface area contributed by atoms with Gasteiger partial charge >= 0.3 is 0 Å². The predicted molar refractivity (Wildman–Crippen MR) is 109 cm³/mol. The number of terminal acetylenes is 1. The summed E-state index contributed by atoms with van der Waals surface area (Å²) in [5.41, 5.74) is 0.538. The number of aliphatic imine (C=N–C) groups is 1. The van der Waals surface area contributed by atoms with Crippen LogP contribution in [0.15, 0.2) is 23.2 Å². The molecule has 1 unspecified atom stereocenters. The maximum absolute atomic E-state index is 14.4. The molecule has 2 N–H and O–H groups in total. The molecule has 0 aliphatic carbocycles. The second-order valence-electron chi connectivity index (χ2n) is 5.40. The molecule has 24 heavy (non-hydrogen) atoms. The highest BCUT2D eigenvalue weighted by atomic mass is 127. The van der Waals surface area contributed by atoms with Crippen LogP contribution < -0.4 is 10.6 Å². The number of guanidine groups is 1. The fourth-order valence-electron chi connectivity index (χ4n) is 2.84. The van der Waals surface area contributed by atoms with Crippen LogP contribution in [0.3, 0.4) is 0 Å². The summed E-state index contributed by atoms with van der Waals surface area (Å²) in [5, 5.41) is 6.67. The van der Waals surface area contributed by atoms with E-state index in [4.69, 9.17) is 18.0 Å². The van der Waals surface area contributed by atoms with Crippen molar-refractivity contribution in [1.82, 2.24) is 15.5 Å². The standard InChI is InChI=1S/C17H22ClFN4.HI/c1-3-9-21-17(20-2)22-12-15(23-10-4-5-11-23)16-13(18)7-6-8-14(16)19;/h1,6-8,15H,4-5,9-12H2,2H3,(H2,20,21,22);1H. The predicted octanol–water partition coefficient (Wildman–Crippen LogP) is 3.03. The second-order valence-corrected chi connectivity index (χ2v) is 5.81. The van der Waals surface area contributed by atoms with Crippen molar-refractivity contribution in [3.8, 4) is 12.3 Å². The minimum Gasteiger partial charge on any atom is -0.354 e. The quantitative estimate of drug-likeness (QED) is 0.305. The van der Waals surface area contributed by atoms with Crippen molar-refractivity contribution in [3.63, 3.8) is 0 Å². The number of likely N-dealkylation sites (tertiary alicyclic amines) is 1. The summed E-state index contributed by atoms with van der Waals surface area (Å²) in [7, 11) is 1.67. The number of halogens is 3. The zero-order chi connectivity index (χ0) is 16.7. The maximum atomic E-state index is 14.4. The average molecular weight is 465 g/mol. The molecule has 1 atom stereocenters. The summed E-state index contributed by atoms with van der Waals surface area (Å²) >= 11 is 6.27. The zero-order valence-electron chi connectivity index (χ0n) is 13.7. The Morgan fingerprint density at radius 1 is 1.42 bits per heavy atom. The zero-order valence-corrected chi connectivity index (χ0v) is 16.8. The van der Waals surface area contributed by atoms with E-state index in [-0.39, 0.29) is 35.8 Å². The molecule has 4 nitrogen and oxygen atoms in total. The highest BCUT2D eigenvalue weighted by Gasteiger charge is 2.27. The summed E-state index contributed by atoms with van der Waals surface area (Å²) in [4.78, 5) is 6.37. The molecule has 1 fully saturated rings. The van der Waals surface area contributed by atoms with Gasteiger partial charge < -0.3 is 10.6 Å². The molecule has 1 saturated heterocycles. The third-order valence-electron chi connectivity index (χ3n) is 3.96. The van der Waals surface area contributed by atoms with Gasteiger partial charge in [-0.05, 0) is 38.1 Å². The number of nitrogens with one attached hydrogen (secondary N) is 2. The van der Waals surface area contributed by atoms with Gasteiger partial charge in [-0.3, -0.25) is 9.89 Å². The van der Waals surface area contributed by atoms with Gasteiger partial charge in [-0.1, -0.05) is 23.6 Å². The van der Waals surface area contributed by atoms with Crippen molar-refractivity contribution in [2.45, 2.75) is 18.9 Å². The summed E-state index contributed by atoms with van der Waals surface area (Å²) in [6.07, 6.45) is 7.48. The highest BCUT2D eigenvalue weighted by Crippen LogP contribution is 2.31.